The van der Waals surface area contributed by atoms with E-state index in [9.17, 15) is 0 Å². The normalized spacial score (nSPS) is 12.4. The molecule has 5 nitrogen and oxygen atoms in total. The van der Waals surface area contributed by atoms with Crippen molar-refractivity contribution in [2.24, 2.45) is 5.92 Å². The monoisotopic (exact) mass is 947 g/mol. The molecule has 1 radical (unpaired) electrons. The summed E-state index contributed by atoms with van der Waals surface area (Å²) in [5.74, 6) is 7.57. The van der Waals surface area contributed by atoms with Gasteiger partial charge in [-0.05, 0) is 42.6 Å². The van der Waals surface area contributed by atoms with Gasteiger partial charge < -0.3 is 8.98 Å². The van der Waals surface area contributed by atoms with Crippen molar-refractivity contribution in [1.82, 2.24) is 19.5 Å². The molecule has 271 valence electrons. The number of hydrogen-bond acceptors (Lipinski definition) is 4. The van der Waals surface area contributed by atoms with Gasteiger partial charge in [0.05, 0.1) is 22.4 Å². The zero-order chi connectivity index (χ0) is 38.5. The van der Waals surface area contributed by atoms with Gasteiger partial charge in [0, 0.05) is 42.3 Å². The van der Waals surface area contributed by atoms with Crippen LogP contribution in [-0.2, 0) is 26.5 Å². The summed E-state index contributed by atoms with van der Waals surface area (Å²) in [7, 11) is 0. The predicted molar refractivity (Wildman–Crippen MR) is 223 cm³/mol. The molecular formula is C47H42GeIrN4O-2. The molecule has 0 aliphatic rings. The van der Waals surface area contributed by atoms with E-state index in [1.165, 1.54) is 10.8 Å². The van der Waals surface area contributed by atoms with E-state index in [0.29, 0.717) is 5.71 Å². The molecule has 0 aliphatic heterocycles. The molecule has 7 heteroatoms. The number of imidazole rings is 1. The van der Waals surface area contributed by atoms with Crippen molar-refractivity contribution < 1.29 is 27.3 Å². The molecule has 0 saturated carbocycles. The Morgan fingerprint density at radius 3 is 2.37 bits per heavy atom. The summed E-state index contributed by atoms with van der Waals surface area (Å²) in [5, 5.41) is 4.37. The zero-order valence-corrected chi connectivity index (χ0v) is 35.7. The fourth-order valence-corrected chi connectivity index (χ4v) is 9.85. The first-order valence-electron chi connectivity index (χ1n) is 19.1. The first-order chi connectivity index (χ1) is 26.4. The van der Waals surface area contributed by atoms with Gasteiger partial charge >= 0.3 is 128 Å². The topological polar surface area (TPSA) is 56.7 Å². The van der Waals surface area contributed by atoms with E-state index < -0.39 is 19.6 Å². The second-order valence-electron chi connectivity index (χ2n) is 14.7. The fraction of sp³-hybridized carbons (Fsp3) is 0.170. The zero-order valence-electron chi connectivity index (χ0n) is 33.2. The van der Waals surface area contributed by atoms with Gasteiger partial charge in [0.15, 0.2) is 0 Å². The van der Waals surface area contributed by atoms with E-state index in [1.807, 2.05) is 93.7 Å². The molecule has 5 aromatic carbocycles. The summed E-state index contributed by atoms with van der Waals surface area (Å²) < 4.78 is 26.8. The summed E-state index contributed by atoms with van der Waals surface area (Å²) in [6.45, 7) is 5.85. The molecule has 0 N–H and O–H groups in total. The number of furan rings is 1. The third-order valence-corrected chi connectivity index (χ3v) is 13.6. The average molecular weight is 946 g/mol. The second-order valence-corrected chi connectivity index (χ2v) is 25.3. The van der Waals surface area contributed by atoms with Gasteiger partial charge in [0.2, 0.25) is 5.71 Å². The number of para-hydroxylation sites is 2. The molecule has 0 fully saturated rings. The summed E-state index contributed by atoms with van der Waals surface area (Å²) in [6, 6.07) is 47.3. The Morgan fingerprint density at radius 2 is 1.57 bits per heavy atom. The van der Waals surface area contributed by atoms with Crippen LogP contribution in [0.2, 0.25) is 17.3 Å². The first-order valence-corrected chi connectivity index (χ1v) is 25.4. The smallest absolute Gasteiger partial charge is 0 e. The molecule has 0 atom stereocenters. The number of rotatable bonds is 6. The van der Waals surface area contributed by atoms with E-state index in [4.69, 9.17) is 12.1 Å². The molecule has 0 aliphatic carbocycles. The molecule has 9 rings (SSSR count). The fourth-order valence-electron chi connectivity index (χ4n) is 6.91. The van der Waals surface area contributed by atoms with Crippen LogP contribution in [0.3, 0.4) is 0 Å². The van der Waals surface area contributed by atoms with Crippen LogP contribution in [0, 0.1) is 25.0 Å². The summed E-state index contributed by atoms with van der Waals surface area (Å²) >= 11 is -2.20. The van der Waals surface area contributed by atoms with E-state index in [-0.39, 0.29) is 26.0 Å². The van der Waals surface area contributed by atoms with E-state index >= 15 is 0 Å². The van der Waals surface area contributed by atoms with Gasteiger partial charge in [0.25, 0.3) is 0 Å². The SMILES string of the molecule is Cc1ccc2c(n1)oc1c(-c3nc4ccccc4n3-c3cccc4ccccc34)[c-]ccc12.[2H]C([2H])(c1cc(-c2[c-]cccc2)nc[c]1[Ge]([CH3])([CH3])[CH3])C(C)C.[Ir]. The largest absolute Gasteiger partial charge is 0 e. The van der Waals surface area contributed by atoms with Gasteiger partial charge in [-0.3, -0.25) is 4.98 Å². The van der Waals surface area contributed by atoms with Crippen LogP contribution < -0.4 is 4.40 Å². The number of aromatic nitrogens is 4. The van der Waals surface area contributed by atoms with Crippen molar-refractivity contribution in [3.63, 3.8) is 0 Å². The molecular weight excluding hydrogens is 901 g/mol. The van der Waals surface area contributed by atoms with Gasteiger partial charge in [-0.25, -0.2) is 4.98 Å². The maximum Gasteiger partial charge on any atom is 0 e. The molecule has 54 heavy (non-hydrogen) atoms. The average Bonchev–Trinajstić information content (AvgIpc) is 3.76. The third kappa shape index (κ3) is 7.31. The Hall–Kier alpha value is -4.88. The third-order valence-electron chi connectivity index (χ3n) is 9.37. The molecule has 4 aromatic heterocycles. The molecule has 0 unspecified atom stereocenters. The number of aryl methyl sites for hydroxylation is 1. The summed E-state index contributed by atoms with van der Waals surface area (Å²) in [6.07, 6.45) is 0.562. The van der Waals surface area contributed by atoms with Crippen molar-refractivity contribution in [1.29, 1.82) is 0 Å². The van der Waals surface area contributed by atoms with Crippen LogP contribution in [0.15, 0.2) is 132 Å². The van der Waals surface area contributed by atoms with Crippen molar-refractivity contribution in [2.75, 3.05) is 0 Å². The molecule has 0 spiro atoms. The van der Waals surface area contributed by atoms with Crippen LogP contribution in [0.4, 0.5) is 0 Å². The van der Waals surface area contributed by atoms with Crippen LogP contribution >= 0.6 is 0 Å². The van der Waals surface area contributed by atoms with Gasteiger partial charge in [-0.15, -0.1) is 18.2 Å². The number of fused-ring (bicyclic) bond motifs is 5. The van der Waals surface area contributed by atoms with Gasteiger partial charge in [-0.2, -0.15) is 0 Å². The second kappa shape index (κ2) is 15.5. The number of hydrogen-bond donors (Lipinski definition) is 0. The van der Waals surface area contributed by atoms with Gasteiger partial charge in [0.1, 0.15) is 0 Å². The first kappa shape index (κ1) is 34.9. The molecule has 0 saturated heterocycles. The Bertz CT molecular complexity index is 2840. The number of benzene rings is 5. The predicted octanol–water partition coefficient (Wildman–Crippen LogP) is 11.5. The van der Waals surface area contributed by atoms with Crippen molar-refractivity contribution in [3.05, 3.63) is 151 Å². The Balaban J connectivity index is 0.000000184. The molecule has 9 aromatic rings. The van der Waals surface area contributed by atoms with Crippen molar-refractivity contribution in [2.45, 2.75) is 44.4 Å². The molecule has 0 amide bonds. The minimum atomic E-state index is -2.20. The van der Waals surface area contributed by atoms with E-state index in [1.54, 1.807) is 0 Å². The minimum absolute atomic E-state index is 0. The van der Waals surface area contributed by atoms with Crippen molar-refractivity contribution in [3.8, 4) is 28.3 Å². The van der Waals surface area contributed by atoms with Gasteiger partial charge in [-0.1, -0.05) is 59.5 Å². The maximum atomic E-state index is 8.56. The minimum Gasteiger partial charge on any atom is 0 e. The van der Waals surface area contributed by atoms with Crippen molar-refractivity contribution >= 4 is 61.5 Å². The van der Waals surface area contributed by atoms with E-state index in [2.05, 4.69) is 98.5 Å². The van der Waals surface area contributed by atoms with E-state index in [0.717, 1.165) is 71.4 Å². The molecule has 0 bridgehead atoms. The maximum absolute atomic E-state index is 8.56. The Kier molecular flexibility index (Phi) is 9.98. The van der Waals surface area contributed by atoms with Crippen LogP contribution in [-0.4, -0.2) is 32.8 Å². The number of pyridine rings is 2. The Morgan fingerprint density at radius 1 is 0.796 bits per heavy atom. The van der Waals surface area contributed by atoms with Crippen LogP contribution in [0.1, 0.15) is 27.8 Å². The molecule has 4 heterocycles. The summed E-state index contributed by atoms with van der Waals surface area (Å²) in [5.41, 5.74) is 8.72. The standard InChI is InChI=1S/C29H18N3O.C18H24GeN.Ir/c1-18-16-17-22-21-11-7-12-23(27(21)33-29(22)30-18)28-31-24-13-4-5-14-26(24)32(28)25-15-6-9-19-8-2-3-10-20(19)25;1-14(2)11-16-12-18(15-9-7-6-8-10-15)20-13-17(16)19(3,4)5;/h2-11,13-17H,1H3;6-9,12-14H,11H2,1-5H3;/q2*-1;/i;11D2;. The quantitative estimate of drug-likeness (QED) is 0.123. The summed E-state index contributed by atoms with van der Waals surface area (Å²) in [4.78, 5) is 14.3. The number of nitrogens with zero attached hydrogens (tertiary/aromatic N) is 4. The Labute approximate surface area is 336 Å². The van der Waals surface area contributed by atoms with Crippen LogP contribution in [0.5, 0.6) is 0 Å². The van der Waals surface area contributed by atoms with Crippen LogP contribution in [0.25, 0.3) is 72.2 Å².